The molecule has 2 aromatic heterocycles. The third kappa shape index (κ3) is 6.01. The molecule has 4 rings (SSSR count). The molecule has 0 unspecified atom stereocenters. The molecule has 1 aliphatic carbocycles. The number of carboxylic acid groups (broad SMARTS) is 1. The summed E-state index contributed by atoms with van der Waals surface area (Å²) in [5.41, 5.74) is 1.53. The predicted molar refractivity (Wildman–Crippen MR) is 105 cm³/mol. The van der Waals surface area contributed by atoms with Gasteiger partial charge in [0.1, 0.15) is 11.8 Å². The highest BCUT2D eigenvalue weighted by Gasteiger charge is 2.45. The van der Waals surface area contributed by atoms with E-state index < -0.39 is 12.1 Å². The number of morpholine rings is 1. The van der Waals surface area contributed by atoms with Crippen molar-refractivity contribution in [1.82, 2.24) is 14.9 Å². The van der Waals surface area contributed by atoms with E-state index in [2.05, 4.69) is 9.97 Å². The van der Waals surface area contributed by atoms with Crippen LogP contribution in [0.15, 0.2) is 48.9 Å². The van der Waals surface area contributed by atoms with Crippen LogP contribution in [-0.2, 0) is 20.9 Å². The minimum Gasteiger partial charge on any atom is -0.475 e. The zero-order valence-electron chi connectivity index (χ0n) is 16.9. The van der Waals surface area contributed by atoms with Gasteiger partial charge in [-0.15, -0.1) is 0 Å². The summed E-state index contributed by atoms with van der Waals surface area (Å²) in [5.74, 6) is -2.78. The number of hydrogen-bond donors (Lipinski definition) is 1. The maximum atomic E-state index is 12.8. The van der Waals surface area contributed by atoms with Gasteiger partial charge in [0.05, 0.1) is 25.4 Å². The normalized spacial score (nSPS) is 22.5. The molecule has 1 amide bonds. The van der Waals surface area contributed by atoms with E-state index in [1.165, 1.54) is 0 Å². The quantitative estimate of drug-likeness (QED) is 0.760. The zero-order valence-corrected chi connectivity index (χ0v) is 16.9. The number of ether oxygens (including phenoxy) is 2. The first-order valence-corrected chi connectivity index (χ1v) is 9.91. The first kappa shape index (κ1) is 23.6. The van der Waals surface area contributed by atoms with Crippen LogP contribution in [0.25, 0.3) is 0 Å². The number of carbonyl (C=O) groups excluding carboxylic acids is 1. The van der Waals surface area contributed by atoms with Crippen molar-refractivity contribution in [2.24, 2.45) is 0 Å². The Balaban J connectivity index is 0.000000360. The van der Waals surface area contributed by atoms with E-state index >= 15 is 0 Å². The lowest BCUT2D eigenvalue weighted by Gasteiger charge is -2.38. The van der Waals surface area contributed by atoms with Gasteiger partial charge in [0.15, 0.2) is 0 Å². The van der Waals surface area contributed by atoms with Crippen molar-refractivity contribution in [2.45, 2.75) is 43.9 Å². The molecule has 0 bridgehead atoms. The van der Waals surface area contributed by atoms with Crippen molar-refractivity contribution >= 4 is 11.9 Å². The van der Waals surface area contributed by atoms with Crippen molar-refractivity contribution in [3.05, 3.63) is 60.2 Å². The van der Waals surface area contributed by atoms with Gasteiger partial charge in [0.2, 0.25) is 0 Å². The smallest absolute Gasteiger partial charge is 0.475 e. The van der Waals surface area contributed by atoms with Gasteiger partial charge in [0.25, 0.3) is 5.91 Å². The standard InChI is InChI=1S/C19H21N3O3.C2HF3O2/c23-19(15-5-1-2-9-21-15)22-10-11-24-18-16(22)6-7-17(18)25-13-14-4-3-8-20-12-14;3-2(4,5)1(6)7/h1-5,8-9,12,16-18H,6-7,10-11,13H2;(H,6,7)/t16-,17+,18+;/m0./s1. The van der Waals surface area contributed by atoms with Crippen molar-refractivity contribution < 1.29 is 37.3 Å². The lowest BCUT2D eigenvalue weighted by molar-refractivity contribution is -0.192. The fraction of sp³-hybridized carbons (Fsp3) is 0.429. The number of fused-ring (bicyclic) bond motifs is 1. The van der Waals surface area contributed by atoms with E-state index in [4.69, 9.17) is 19.4 Å². The van der Waals surface area contributed by atoms with Crippen LogP contribution in [0, 0.1) is 0 Å². The number of amides is 1. The Morgan fingerprint density at radius 1 is 1.19 bits per heavy atom. The third-order valence-corrected chi connectivity index (χ3v) is 5.11. The number of pyridine rings is 2. The highest BCUT2D eigenvalue weighted by molar-refractivity contribution is 5.92. The number of hydrogen-bond acceptors (Lipinski definition) is 6. The van der Waals surface area contributed by atoms with Gasteiger partial charge in [-0.1, -0.05) is 12.1 Å². The van der Waals surface area contributed by atoms with Crippen LogP contribution in [0.1, 0.15) is 28.9 Å². The van der Waals surface area contributed by atoms with Crippen LogP contribution < -0.4 is 0 Å². The molecule has 32 heavy (non-hydrogen) atoms. The van der Waals surface area contributed by atoms with Crippen molar-refractivity contribution in [3.63, 3.8) is 0 Å². The minimum absolute atomic E-state index is 0.00420. The Bertz CT molecular complexity index is 899. The molecule has 0 aromatic carbocycles. The summed E-state index contributed by atoms with van der Waals surface area (Å²) in [7, 11) is 0. The van der Waals surface area contributed by atoms with E-state index in [1.54, 1.807) is 18.5 Å². The second-order valence-electron chi connectivity index (χ2n) is 7.21. The van der Waals surface area contributed by atoms with Gasteiger partial charge < -0.3 is 19.5 Å². The summed E-state index contributed by atoms with van der Waals surface area (Å²) in [6, 6.07) is 9.38. The van der Waals surface area contributed by atoms with Crippen molar-refractivity contribution in [1.29, 1.82) is 0 Å². The van der Waals surface area contributed by atoms with E-state index in [-0.39, 0.29) is 24.2 Å². The lowest BCUT2D eigenvalue weighted by Crippen LogP contribution is -2.54. The van der Waals surface area contributed by atoms with Crippen LogP contribution in [0.4, 0.5) is 13.2 Å². The summed E-state index contributed by atoms with van der Waals surface area (Å²) in [6.07, 6.45) is 1.84. The molecule has 0 radical (unpaired) electrons. The first-order valence-electron chi connectivity index (χ1n) is 9.91. The van der Waals surface area contributed by atoms with Gasteiger partial charge in [-0.3, -0.25) is 14.8 Å². The fourth-order valence-electron chi connectivity index (χ4n) is 3.67. The molecule has 2 fully saturated rings. The minimum atomic E-state index is -5.08. The molecule has 1 saturated heterocycles. The Morgan fingerprint density at radius 2 is 1.97 bits per heavy atom. The Labute approximate surface area is 182 Å². The van der Waals surface area contributed by atoms with E-state index in [9.17, 15) is 18.0 Å². The summed E-state index contributed by atoms with van der Waals surface area (Å²) in [4.78, 5) is 31.9. The topological polar surface area (TPSA) is 102 Å². The third-order valence-electron chi connectivity index (χ3n) is 5.11. The van der Waals surface area contributed by atoms with Gasteiger partial charge in [-0.25, -0.2) is 4.79 Å². The molecular weight excluding hydrogens is 431 g/mol. The van der Waals surface area contributed by atoms with Gasteiger partial charge >= 0.3 is 12.1 Å². The molecule has 11 heteroatoms. The van der Waals surface area contributed by atoms with Crippen LogP contribution in [0.3, 0.4) is 0 Å². The molecule has 1 saturated carbocycles. The number of aromatic nitrogens is 2. The maximum Gasteiger partial charge on any atom is 0.490 e. The Kier molecular flexibility index (Phi) is 7.75. The number of rotatable bonds is 4. The van der Waals surface area contributed by atoms with Gasteiger partial charge in [-0.05, 0) is 36.6 Å². The second kappa shape index (κ2) is 10.5. The fourth-order valence-corrected chi connectivity index (χ4v) is 3.67. The van der Waals surface area contributed by atoms with Crippen LogP contribution in [0.5, 0.6) is 0 Å². The second-order valence-corrected chi connectivity index (χ2v) is 7.21. The molecule has 2 aromatic rings. The number of halogens is 3. The molecular formula is C21H22F3N3O5. The maximum absolute atomic E-state index is 12.8. The zero-order chi connectivity index (χ0) is 23.1. The average molecular weight is 453 g/mol. The van der Waals surface area contributed by atoms with Crippen LogP contribution in [0.2, 0.25) is 0 Å². The summed E-state index contributed by atoms with van der Waals surface area (Å²) in [6.45, 7) is 1.65. The molecule has 3 heterocycles. The average Bonchev–Trinajstić information content (AvgIpc) is 3.21. The number of aliphatic carboxylic acids is 1. The highest BCUT2D eigenvalue weighted by Crippen LogP contribution is 2.33. The monoisotopic (exact) mass is 453 g/mol. The highest BCUT2D eigenvalue weighted by atomic mass is 19.4. The number of carboxylic acids is 1. The number of nitrogens with zero attached hydrogens (tertiary/aromatic N) is 3. The molecule has 1 aliphatic heterocycles. The number of carbonyl (C=O) groups is 2. The molecule has 0 spiro atoms. The van der Waals surface area contributed by atoms with Gasteiger partial charge in [0, 0.05) is 25.1 Å². The SMILES string of the molecule is O=C(O)C(F)(F)F.O=C(c1ccccn1)N1CCO[C@H]2[C@H](OCc3cccnc3)CC[C@@H]21. The Hall–Kier alpha value is -3.05. The van der Waals surface area contributed by atoms with Crippen LogP contribution in [-0.4, -0.2) is 69.4 Å². The summed E-state index contributed by atoms with van der Waals surface area (Å²) < 4.78 is 43.8. The lowest BCUT2D eigenvalue weighted by atomic mass is 10.1. The van der Waals surface area contributed by atoms with Crippen molar-refractivity contribution in [2.75, 3.05) is 13.2 Å². The number of alkyl halides is 3. The van der Waals surface area contributed by atoms with E-state index in [0.29, 0.717) is 25.5 Å². The van der Waals surface area contributed by atoms with Crippen molar-refractivity contribution in [3.8, 4) is 0 Å². The van der Waals surface area contributed by atoms with Gasteiger partial charge in [-0.2, -0.15) is 13.2 Å². The summed E-state index contributed by atoms with van der Waals surface area (Å²) >= 11 is 0. The van der Waals surface area contributed by atoms with E-state index in [1.807, 2.05) is 35.4 Å². The molecule has 1 N–H and O–H groups in total. The predicted octanol–water partition coefficient (Wildman–Crippen LogP) is 2.70. The van der Waals surface area contributed by atoms with Crippen LogP contribution >= 0.6 is 0 Å². The largest absolute Gasteiger partial charge is 0.490 e. The van der Waals surface area contributed by atoms with E-state index in [0.717, 1.165) is 18.4 Å². The molecule has 3 atom stereocenters. The molecule has 2 aliphatic rings. The summed E-state index contributed by atoms with van der Waals surface area (Å²) in [5, 5.41) is 7.12. The molecule has 8 nitrogen and oxygen atoms in total. The molecule has 172 valence electrons. The Morgan fingerprint density at radius 3 is 2.59 bits per heavy atom. The first-order chi connectivity index (χ1) is 15.3.